The van der Waals surface area contributed by atoms with Gasteiger partial charge in [-0.05, 0) is 70.2 Å². The second-order valence-electron chi connectivity index (χ2n) is 8.77. The Balaban J connectivity index is 1.30. The number of hydrogen-bond donors (Lipinski definition) is 4. The monoisotopic (exact) mass is 437 g/mol. The van der Waals surface area contributed by atoms with Gasteiger partial charge in [0.1, 0.15) is 5.82 Å². The minimum Gasteiger partial charge on any atom is -0.370 e. The number of aryl methyl sites for hydroxylation is 1. The third-order valence-corrected chi connectivity index (χ3v) is 6.17. The van der Waals surface area contributed by atoms with Gasteiger partial charge in [-0.1, -0.05) is 12.5 Å². The van der Waals surface area contributed by atoms with Crippen LogP contribution in [0, 0.1) is 6.92 Å². The summed E-state index contributed by atoms with van der Waals surface area (Å²) in [5.41, 5.74) is 2.62. The molecule has 1 atom stereocenters. The molecular formula is C24H35N7O. The molecular weight excluding hydrogens is 402 g/mol. The maximum absolute atomic E-state index is 12.4. The van der Waals surface area contributed by atoms with Gasteiger partial charge in [0.2, 0.25) is 5.95 Å². The number of likely N-dealkylation sites (tertiary alicyclic amines) is 1. The number of hydrogen-bond acceptors (Lipinski definition) is 6. The number of anilines is 4. The lowest BCUT2D eigenvalue weighted by Crippen LogP contribution is -2.34. The van der Waals surface area contributed by atoms with E-state index < -0.39 is 0 Å². The number of urea groups is 1. The molecule has 3 heterocycles. The standard InChI is InChI=1S/C24H35N7O/c1-18-17-27-23(30-22(18)26-13-7-11-19-8-2-3-12-25-19)28-20-9-6-10-21(16-20)29-24(32)31-14-4-5-15-31/h6,9-10,16-17,19,25H,2-5,7-8,11-15H2,1H3,(H,29,32)(H2,26,27,28,30). The molecule has 2 aliphatic heterocycles. The minimum atomic E-state index is -0.0406. The highest BCUT2D eigenvalue weighted by Gasteiger charge is 2.18. The fourth-order valence-corrected chi connectivity index (χ4v) is 4.33. The van der Waals surface area contributed by atoms with Gasteiger partial charge in [0.05, 0.1) is 0 Å². The SMILES string of the molecule is Cc1cnc(Nc2cccc(NC(=O)N3CCCC3)c2)nc1NCCCC1CCCCN1. The van der Waals surface area contributed by atoms with E-state index in [9.17, 15) is 4.79 Å². The van der Waals surface area contributed by atoms with E-state index in [0.29, 0.717) is 12.0 Å². The normalized spacial score (nSPS) is 18.4. The van der Waals surface area contributed by atoms with Crippen molar-refractivity contribution < 1.29 is 4.79 Å². The molecule has 1 unspecified atom stereocenters. The van der Waals surface area contributed by atoms with Gasteiger partial charge < -0.3 is 26.2 Å². The molecule has 0 aliphatic carbocycles. The van der Waals surface area contributed by atoms with E-state index >= 15 is 0 Å². The first-order valence-electron chi connectivity index (χ1n) is 11.9. The summed E-state index contributed by atoms with van der Waals surface area (Å²) >= 11 is 0. The van der Waals surface area contributed by atoms with Crippen LogP contribution in [0.1, 0.15) is 50.5 Å². The van der Waals surface area contributed by atoms with Crippen LogP contribution in [0.5, 0.6) is 0 Å². The van der Waals surface area contributed by atoms with Crippen LogP contribution in [0.25, 0.3) is 0 Å². The third-order valence-electron chi connectivity index (χ3n) is 6.17. The molecule has 2 aromatic rings. The Morgan fingerprint density at radius 1 is 1.19 bits per heavy atom. The lowest BCUT2D eigenvalue weighted by atomic mass is 10.0. The molecule has 0 saturated carbocycles. The molecule has 2 fully saturated rings. The van der Waals surface area contributed by atoms with E-state index in [-0.39, 0.29) is 6.03 Å². The van der Waals surface area contributed by atoms with Crippen LogP contribution in [0.3, 0.4) is 0 Å². The molecule has 8 heteroatoms. The fraction of sp³-hybridized carbons (Fsp3) is 0.542. The van der Waals surface area contributed by atoms with E-state index in [4.69, 9.17) is 0 Å². The van der Waals surface area contributed by atoms with Crippen molar-refractivity contribution in [1.29, 1.82) is 0 Å². The Labute approximate surface area is 190 Å². The van der Waals surface area contributed by atoms with Crippen molar-refractivity contribution >= 4 is 29.2 Å². The van der Waals surface area contributed by atoms with Crippen LogP contribution in [0.15, 0.2) is 30.5 Å². The van der Waals surface area contributed by atoms with Crippen molar-refractivity contribution in [3.8, 4) is 0 Å². The smallest absolute Gasteiger partial charge is 0.321 e. The first-order valence-corrected chi connectivity index (χ1v) is 11.9. The van der Waals surface area contributed by atoms with Gasteiger partial charge in [0, 0.05) is 48.8 Å². The molecule has 0 spiro atoms. The zero-order chi connectivity index (χ0) is 22.2. The summed E-state index contributed by atoms with van der Waals surface area (Å²) in [5, 5.41) is 13.3. The Morgan fingerprint density at radius 2 is 2.03 bits per heavy atom. The predicted molar refractivity (Wildman–Crippen MR) is 130 cm³/mol. The fourth-order valence-electron chi connectivity index (χ4n) is 4.33. The van der Waals surface area contributed by atoms with Crippen LogP contribution < -0.4 is 21.3 Å². The van der Waals surface area contributed by atoms with Crippen molar-refractivity contribution in [1.82, 2.24) is 20.2 Å². The molecule has 2 aliphatic rings. The number of nitrogens with one attached hydrogen (secondary N) is 4. The van der Waals surface area contributed by atoms with Crippen LogP contribution in [0.2, 0.25) is 0 Å². The lowest BCUT2D eigenvalue weighted by molar-refractivity contribution is 0.222. The number of nitrogens with zero attached hydrogens (tertiary/aromatic N) is 3. The summed E-state index contributed by atoms with van der Waals surface area (Å²) in [5.74, 6) is 1.40. The second kappa shape index (κ2) is 11.1. The Morgan fingerprint density at radius 3 is 2.84 bits per heavy atom. The number of piperidine rings is 1. The molecule has 32 heavy (non-hydrogen) atoms. The van der Waals surface area contributed by atoms with Crippen molar-refractivity contribution in [2.75, 3.05) is 42.1 Å². The maximum Gasteiger partial charge on any atom is 0.321 e. The van der Waals surface area contributed by atoms with Gasteiger partial charge in [0.25, 0.3) is 0 Å². The zero-order valence-corrected chi connectivity index (χ0v) is 19.0. The molecule has 1 aromatic carbocycles. The summed E-state index contributed by atoms with van der Waals surface area (Å²) in [7, 11) is 0. The average molecular weight is 438 g/mol. The Hall–Kier alpha value is -2.87. The van der Waals surface area contributed by atoms with Crippen LogP contribution in [-0.4, -0.2) is 53.1 Å². The van der Waals surface area contributed by atoms with Crippen LogP contribution in [0.4, 0.5) is 27.9 Å². The summed E-state index contributed by atoms with van der Waals surface area (Å²) in [4.78, 5) is 23.3. The van der Waals surface area contributed by atoms with E-state index in [1.807, 2.05) is 42.3 Å². The summed E-state index contributed by atoms with van der Waals surface area (Å²) < 4.78 is 0. The number of rotatable bonds is 8. The van der Waals surface area contributed by atoms with Gasteiger partial charge in [-0.15, -0.1) is 0 Å². The van der Waals surface area contributed by atoms with Gasteiger partial charge in [-0.2, -0.15) is 4.98 Å². The van der Waals surface area contributed by atoms with Crippen molar-refractivity contribution in [2.45, 2.75) is 57.9 Å². The molecule has 172 valence electrons. The third kappa shape index (κ3) is 6.32. The number of amides is 2. The first kappa shape index (κ1) is 22.3. The lowest BCUT2D eigenvalue weighted by Gasteiger charge is -2.23. The molecule has 4 N–H and O–H groups in total. The van der Waals surface area contributed by atoms with E-state index in [1.165, 1.54) is 25.7 Å². The highest BCUT2D eigenvalue weighted by molar-refractivity contribution is 5.90. The zero-order valence-electron chi connectivity index (χ0n) is 19.0. The number of carbonyl (C=O) groups excluding carboxylic acids is 1. The largest absolute Gasteiger partial charge is 0.370 e. The molecule has 2 amide bonds. The van der Waals surface area contributed by atoms with Gasteiger partial charge in [-0.3, -0.25) is 0 Å². The number of aromatic nitrogens is 2. The summed E-state index contributed by atoms with van der Waals surface area (Å²) in [6.45, 7) is 5.72. The van der Waals surface area contributed by atoms with Crippen molar-refractivity contribution in [3.63, 3.8) is 0 Å². The van der Waals surface area contributed by atoms with Crippen LogP contribution >= 0.6 is 0 Å². The Bertz CT molecular complexity index is 892. The maximum atomic E-state index is 12.4. The average Bonchev–Trinajstić information content (AvgIpc) is 3.35. The summed E-state index contributed by atoms with van der Waals surface area (Å²) in [6, 6.07) is 8.27. The van der Waals surface area contributed by atoms with E-state index in [0.717, 1.165) is 68.2 Å². The van der Waals surface area contributed by atoms with Gasteiger partial charge >= 0.3 is 6.03 Å². The minimum absolute atomic E-state index is 0.0406. The quantitative estimate of drug-likeness (QED) is 0.455. The highest BCUT2D eigenvalue weighted by atomic mass is 16.2. The topological polar surface area (TPSA) is 94.2 Å². The molecule has 4 rings (SSSR count). The number of benzene rings is 1. The molecule has 2 saturated heterocycles. The molecule has 1 aromatic heterocycles. The van der Waals surface area contributed by atoms with Crippen LogP contribution in [-0.2, 0) is 0 Å². The van der Waals surface area contributed by atoms with Gasteiger partial charge in [-0.25, -0.2) is 9.78 Å². The summed E-state index contributed by atoms with van der Waals surface area (Å²) in [6.07, 6.45) is 10.2. The van der Waals surface area contributed by atoms with Crippen molar-refractivity contribution in [3.05, 3.63) is 36.0 Å². The Kier molecular flexibility index (Phi) is 7.77. The second-order valence-corrected chi connectivity index (χ2v) is 8.77. The van der Waals surface area contributed by atoms with Crippen molar-refractivity contribution in [2.24, 2.45) is 0 Å². The van der Waals surface area contributed by atoms with E-state index in [1.54, 1.807) is 0 Å². The van der Waals surface area contributed by atoms with Gasteiger partial charge in [0.15, 0.2) is 0 Å². The molecule has 8 nitrogen and oxygen atoms in total. The first-order chi connectivity index (χ1) is 15.7. The predicted octanol–water partition coefficient (Wildman–Crippen LogP) is 4.49. The molecule has 0 bridgehead atoms. The number of carbonyl (C=O) groups is 1. The molecule has 0 radical (unpaired) electrons. The highest BCUT2D eigenvalue weighted by Crippen LogP contribution is 2.21. The van der Waals surface area contributed by atoms with E-state index in [2.05, 4.69) is 31.2 Å².